The van der Waals surface area contributed by atoms with Gasteiger partial charge in [-0.05, 0) is 140 Å². The average molecular weight is 986 g/mol. The quantitative estimate of drug-likeness (QED) is 0.0416. The van der Waals surface area contributed by atoms with Crippen LogP contribution < -0.4 is 0 Å². The fraction of sp³-hybridized carbons (Fsp3) is 0.889. The lowest BCUT2D eigenvalue weighted by molar-refractivity contribution is -0.0587. The molecule has 0 atom stereocenters. The van der Waals surface area contributed by atoms with Crippen LogP contribution >= 0.6 is 0 Å². The average Bonchev–Trinajstić information content (AvgIpc) is 3.23. The second-order valence-corrected chi connectivity index (χ2v) is 23.8. The Kier molecular flexibility index (Phi) is 66.5. The molecule has 13 heteroatoms. The normalized spacial score (nSPS) is 11.2. The highest BCUT2D eigenvalue weighted by Crippen LogP contribution is 2.36. The summed E-state index contributed by atoms with van der Waals surface area (Å²) in [6.45, 7) is 52.7. The molecule has 0 spiro atoms. The van der Waals surface area contributed by atoms with Crippen molar-refractivity contribution in [3.63, 3.8) is 0 Å². The molecule has 408 valence electrons. The highest BCUT2D eigenvalue weighted by Gasteiger charge is 2.36. The summed E-state index contributed by atoms with van der Waals surface area (Å²) in [6, 6.07) is 10.2. The van der Waals surface area contributed by atoms with Gasteiger partial charge in [-0.2, -0.15) is 0 Å². The number of hydrogen-bond donors (Lipinski definition) is 0. The fourth-order valence-electron chi connectivity index (χ4n) is 3.81. The molecule has 0 aliphatic heterocycles. The maximum absolute atomic E-state index is 5.96. The number of ether oxygens (including phenoxy) is 11. The molecule has 1 aromatic rings. The highest BCUT2D eigenvalue weighted by molar-refractivity contribution is 6.74. The van der Waals surface area contributed by atoms with Crippen molar-refractivity contribution in [3.8, 4) is 0 Å². The topological polar surface area (TPSA) is 111 Å². The van der Waals surface area contributed by atoms with Crippen molar-refractivity contribution in [1.29, 1.82) is 0 Å². The van der Waals surface area contributed by atoms with Crippen molar-refractivity contribution in [2.24, 2.45) is 0 Å². The largest absolute Gasteiger partial charge is 0.414 e. The predicted octanol–water partition coefficient (Wildman–Crippen LogP) is 13.6. The molecule has 0 radical (unpaired) electrons. The highest BCUT2D eigenvalue weighted by atomic mass is 28.4. The van der Waals surface area contributed by atoms with Gasteiger partial charge in [0, 0.05) is 47.8 Å². The summed E-state index contributed by atoms with van der Waals surface area (Å²) in [7, 11) is 3.43. The molecular weight excluding hydrogens is 869 g/mol. The molecule has 0 amide bonds. The number of benzene rings is 1. The Labute approximate surface area is 418 Å². The molecule has 0 fully saturated rings. The molecule has 0 N–H and O–H groups in total. The maximum atomic E-state index is 5.96. The van der Waals surface area contributed by atoms with Crippen LogP contribution in [0.4, 0.5) is 0 Å². The molecule has 0 bridgehead atoms. The van der Waals surface area contributed by atoms with Crippen LogP contribution in [0.15, 0.2) is 30.3 Å². The number of unbranched alkanes of at least 4 members (excludes halogenated alkanes) is 1. The molecule has 0 unspecified atom stereocenters. The SMILES string of the molecule is CC(C)OCCOCc1ccccc1.CC(C)OCCO[Si](C)(C)C(C)(C)C.CCCCOC(C)C.CCCOC(C)C.COCCCOC(C)C.COCCOC(C)C.COCOC(C)C. The van der Waals surface area contributed by atoms with E-state index in [4.69, 9.17) is 51.8 Å². The summed E-state index contributed by atoms with van der Waals surface area (Å²) in [5.41, 5.74) is 1.21. The van der Waals surface area contributed by atoms with E-state index < -0.39 is 8.32 Å². The summed E-state index contributed by atoms with van der Waals surface area (Å²) in [5, 5.41) is 0.296. The van der Waals surface area contributed by atoms with Gasteiger partial charge in [0.25, 0.3) is 0 Å². The van der Waals surface area contributed by atoms with Gasteiger partial charge in [0.05, 0.1) is 89.0 Å². The maximum Gasteiger partial charge on any atom is 0.192 e. The van der Waals surface area contributed by atoms with Crippen LogP contribution in [0.1, 0.15) is 163 Å². The molecular formula is C54H116O12Si. The van der Waals surface area contributed by atoms with Crippen molar-refractivity contribution in [1.82, 2.24) is 0 Å². The zero-order valence-electron chi connectivity index (χ0n) is 48.6. The molecule has 0 aromatic heterocycles. The molecule has 67 heavy (non-hydrogen) atoms. The Morgan fingerprint density at radius 1 is 0.418 bits per heavy atom. The minimum atomic E-state index is -1.56. The van der Waals surface area contributed by atoms with Crippen molar-refractivity contribution in [2.75, 3.05) is 94.2 Å². The second-order valence-electron chi connectivity index (χ2n) is 19.0. The van der Waals surface area contributed by atoms with Crippen molar-refractivity contribution < 1.29 is 56.5 Å². The van der Waals surface area contributed by atoms with Crippen LogP contribution in [0.5, 0.6) is 0 Å². The van der Waals surface area contributed by atoms with Crippen LogP contribution in [0.2, 0.25) is 18.1 Å². The Balaban J connectivity index is -0.000000165. The summed E-state index contributed by atoms with van der Waals surface area (Å²) in [4.78, 5) is 0. The Morgan fingerprint density at radius 3 is 1.15 bits per heavy atom. The summed E-state index contributed by atoms with van der Waals surface area (Å²) in [5.74, 6) is 0. The van der Waals surface area contributed by atoms with Gasteiger partial charge in [-0.1, -0.05) is 71.4 Å². The van der Waals surface area contributed by atoms with Gasteiger partial charge in [-0.15, -0.1) is 0 Å². The Bertz CT molecular complexity index is 978. The van der Waals surface area contributed by atoms with E-state index in [0.717, 1.165) is 45.9 Å². The number of hydrogen-bond acceptors (Lipinski definition) is 12. The standard InChI is InChI=1S/C12H18O2.C11H26O2Si.C7H16O2.C7H16O.C6H14O2.C6H14O.C5H12O2/c1-11(2)14-9-8-13-10-12-6-4-3-5-7-12;1-10(2)12-8-9-13-14(6,7)11(3,4)5;1-7(2)9-6-4-5-8-3;1-4-5-6-8-7(2)3;1-6(2)8-5-4-7-3;1-4-5-7-6(2)3;1-5(2)7-4-6-3/h3-7,11H,8-10H2,1-2H3;10H,8-9H2,1-7H3;7H,4-6H2,1-3H3;7H,4-6H2,1-3H3;6H,4-5H2,1-3H3;6H,4-5H2,1-3H3;5H,4H2,1-3H3. The summed E-state index contributed by atoms with van der Waals surface area (Å²) < 4.78 is 62.3. The molecule has 1 aromatic carbocycles. The summed E-state index contributed by atoms with van der Waals surface area (Å²) >= 11 is 0. The van der Waals surface area contributed by atoms with Gasteiger partial charge >= 0.3 is 0 Å². The minimum absolute atomic E-state index is 0.278. The van der Waals surface area contributed by atoms with E-state index in [0.29, 0.717) is 82.0 Å². The van der Waals surface area contributed by atoms with Crippen molar-refractivity contribution in [3.05, 3.63) is 35.9 Å². The van der Waals surface area contributed by atoms with Crippen LogP contribution in [0, 0.1) is 0 Å². The third-order valence-corrected chi connectivity index (χ3v) is 12.9. The molecule has 12 nitrogen and oxygen atoms in total. The van der Waals surface area contributed by atoms with Gasteiger partial charge in [-0.3, -0.25) is 0 Å². The lowest BCUT2D eigenvalue weighted by Gasteiger charge is -2.36. The first-order chi connectivity index (χ1) is 31.3. The first-order valence-corrected chi connectivity index (χ1v) is 28.3. The van der Waals surface area contributed by atoms with E-state index in [-0.39, 0.29) is 12.2 Å². The second kappa shape index (κ2) is 57.5. The summed E-state index contributed by atoms with van der Waals surface area (Å²) in [6.07, 6.45) is 6.89. The van der Waals surface area contributed by atoms with Gasteiger partial charge in [0.2, 0.25) is 0 Å². The first-order valence-electron chi connectivity index (χ1n) is 25.3. The number of methoxy groups -OCH3 is 3. The zero-order chi connectivity index (χ0) is 53.0. The molecule has 1 rings (SSSR count). The molecule has 0 aliphatic carbocycles. The molecule has 0 aliphatic rings. The zero-order valence-corrected chi connectivity index (χ0v) is 49.6. The van der Waals surface area contributed by atoms with E-state index in [1.54, 1.807) is 21.3 Å². The van der Waals surface area contributed by atoms with Crippen LogP contribution in [0.3, 0.4) is 0 Å². The molecule has 0 saturated heterocycles. The number of rotatable bonds is 30. The van der Waals surface area contributed by atoms with Gasteiger partial charge in [-0.25, -0.2) is 0 Å². The minimum Gasteiger partial charge on any atom is -0.414 e. The van der Waals surface area contributed by atoms with Crippen LogP contribution in [-0.4, -0.2) is 145 Å². The van der Waals surface area contributed by atoms with Crippen molar-refractivity contribution in [2.45, 2.75) is 225 Å². The van der Waals surface area contributed by atoms with Gasteiger partial charge in [0.15, 0.2) is 8.32 Å². The van der Waals surface area contributed by atoms with Crippen LogP contribution in [-0.2, 0) is 63.1 Å². The molecule has 0 heterocycles. The lowest BCUT2D eigenvalue weighted by atomic mass is 10.2. The third kappa shape index (κ3) is 82.2. The van der Waals surface area contributed by atoms with Crippen LogP contribution in [0.25, 0.3) is 0 Å². The fourth-order valence-corrected chi connectivity index (χ4v) is 4.84. The third-order valence-electron chi connectivity index (χ3n) is 8.40. The van der Waals surface area contributed by atoms with E-state index >= 15 is 0 Å². The van der Waals surface area contributed by atoms with Gasteiger partial charge < -0.3 is 56.5 Å². The van der Waals surface area contributed by atoms with E-state index in [9.17, 15) is 0 Å². The van der Waals surface area contributed by atoms with E-state index in [1.165, 1.54) is 18.4 Å². The molecule has 0 saturated carbocycles. The van der Waals surface area contributed by atoms with Crippen molar-refractivity contribution >= 4 is 8.32 Å². The first kappa shape index (κ1) is 77.4. The predicted molar refractivity (Wildman–Crippen MR) is 287 cm³/mol. The van der Waals surface area contributed by atoms with E-state index in [1.807, 2.05) is 87.4 Å². The lowest BCUT2D eigenvalue weighted by Crippen LogP contribution is -2.41. The monoisotopic (exact) mass is 985 g/mol. The smallest absolute Gasteiger partial charge is 0.192 e. The Morgan fingerprint density at radius 2 is 0.806 bits per heavy atom. The van der Waals surface area contributed by atoms with Gasteiger partial charge in [0.1, 0.15) is 6.79 Å². The Hall–Kier alpha value is -1.04. The van der Waals surface area contributed by atoms with E-state index in [2.05, 4.69) is 92.3 Å².